The van der Waals surface area contributed by atoms with Crippen molar-refractivity contribution in [2.75, 3.05) is 68.9 Å². The van der Waals surface area contributed by atoms with Crippen LogP contribution in [0.2, 0.25) is 0 Å². The molecule has 4 rings (SSSR count). The standard InChI is InChI=1S/C24H27N5O8/c1-2-37-24(31)17-3-5-21(22(15-17)29(34)35)25-7-9-27(10-8-25)23(30)19-16-18(28(32)33)4-6-20(19)26-11-13-36-14-12-26/h3-6,15-16H,2,7-14H2,1H3. The minimum atomic E-state index is -0.638. The summed E-state index contributed by atoms with van der Waals surface area (Å²) in [6.45, 7) is 5.09. The van der Waals surface area contributed by atoms with Crippen molar-refractivity contribution in [2.45, 2.75) is 6.92 Å². The van der Waals surface area contributed by atoms with Crippen molar-refractivity contribution in [1.82, 2.24) is 4.90 Å². The van der Waals surface area contributed by atoms with Gasteiger partial charge in [-0.2, -0.15) is 0 Å². The molecule has 1 amide bonds. The van der Waals surface area contributed by atoms with E-state index in [0.29, 0.717) is 50.8 Å². The zero-order chi connectivity index (χ0) is 26.5. The zero-order valence-corrected chi connectivity index (χ0v) is 20.3. The number of carbonyl (C=O) groups is 2. The van der Waals surface area contributed by atoms with E-state index in [9.17, 15) is 29.8 Å². The summed E-state index contributed by atoms with van der Waals surface area (Å²) < 4.78 is 10.3. The van der Waals surface area contributed by atoms with Gasteiger partial charge >= 0.3 is 5.97 Å². The van der Waals surface area contributed by atoms with Gasteiger partial charge in [0.1, 0.15) is 5.69 Å². The largest absolute Gasteiger partial charge is 0.462 e. The van der Waals surface area contributed by atoms with Crippen LogP contribution >= 0.6 is 0 Å². The minimum absolute atomic E-state index is 0.0902. The minimum Gasteiger partial charge on any atom is -0.462 e. The average molecular weight is 514 g/mol. The molecule has 13 heteroatoms. The Hall–Kier alpha value is -4.26. The van der Waals surface area contributed by atoms with Crippen LogP contribution in [0.5, 0.6) is 0 Å². The van der Waals surface area contributed by atoms with Crippen molar-refractivity contribution in [3.05, 3.63) is 67.8 Å². The molecule has 37 heavy (non-hydrogen) atoms. The van der Waals surface area contributed by atoms with E-state index in [1.54, 1.807) is 22.8 Å². The SMILES string of the molecule is CCOC(=O)c1ccc(N2CCN(C(=O)c3cc([N+](=O)[O-])ccc3N3CCOCC3)CC2)c([N+](=O)[O-])c1. The third-order valence-corrected chi connectivity index (χ3v) is 6.36. The number of morpholine rings is 1. The Morgan fingerprint density at radius 2 is 1.54 bits per heavy atom. The van der Waals surface area contributed by atoms with Crippen LogP contribution in [-0.4, -0.2) is 85.7 Å². The van der Waals surface area contributed by atoms with Crippen molar-refractivity contribution in [2.24, 2.45) is 0 Å². The first-order chi connectivity index (χ1) is 17.8. The number of anilines is 2. The second-order valence-electron chi connectivity index (χ2n) is 8.52. The maximum Gasteiger partial charge on any atom is 0.338 e. The Morgan fingerprint density at radius 1 is 0.892 bits per heavy atom. The molecule has 2 fully saturated rings. The summed E-state index contributed by atoms with van der Waals surface area (Å²) in [5.41, 5.74) is 0.901. The maximum atomic E-state index is 13.5. The summed E-state index contributed by atoms with van der Waals surface area (Å²) in [6.07, 6.45) is 0. The van der Waals surface area contributed by atoms with Crippen LogP contribution in [0.15, 0.2) is 36.4 Å². The number of rotatable bonds is 7. The number of hydrogen-bond acceptors (Lipinski definition) is 10. The molecule has 0 unspecified atom stereocenters. The van der Waals surface area contributed by atoms with Gasteiger partial charge in [0, 0.05) is 57.5 Å². The Kier molecular flexibility index (Phi) is 7.82. The number of benzene rings is 2. The number of amides is 1. The predicted molar refractivity (Wildman–Crippen MR) is 133 cm³/mol. The normalized spacial score (nSPS) is 15.9. The molecule has 2 aliphatic rings. The third kappa shape index (κ3) is 5.61. The molecule has 0 spiro atoms. The first-order valence-electron chi connectivity index (χ1n) is 11.9. The quantitative estimate of drug-likeness (QED) is 0.307. The number of piperazine rings is 1. The molecule has 0 N–H and O–H groups in total. The van der Waals surface area contributed by atoms with Crippen molar-refractivity contribution >= 4 is 34.6 Å². The summed E-state index contributed by atoms with van der Waals surface area (Å²) in [6, 6.07) is 8.48. The van der Waals surface area contributed by atoms with Gasteiger partial charge in [0.15, 0.2) is 0 Å². The smallest absolute Gasteiger partial charge is 0.338 e. The van der Waals surface area contributed by atoms with Crippen LogP contribution in [0.3, 0.4) is 0 Å². The van der Waals surface area contributed by atoms with Crippen molar-refractivity contribution in [3.63, 3.8) is 0 Å². The molecule has 2 heterocycles. The number of carbonyl (C=O) groups excluding carboxylic acids is 2. The number of nitro groups is 2. The molecule has 0 bridgehead atoms. The van der Waals surface area contributed by atoms with E-state index in [4.69, 9.17) is 9.47 Å². The van der Waals surface area contributed by atoms with E-state index >= 15 is 0 Å². The number of hydrogen-bond donors (Lipinski definition) is 0. The Bertz CT molecular complexity index is 1210. The van der Waals surface area contributed by atoms with Gasteiger partial charge in [-0.15, -0.1) is 0 Å². The first-order valence-corrected chi connectivity index (χ1v) is 11.9. The Balaban J connectivity index is 1.53. The van der Waals surface area contributed by atoms with Gasteiger partial charge in [0.25, 0.3) is 17.3 Å². The molecule has 13 nitrogen and oxygen atoms in total. The summed E-state index contributed by atoms with van der Waals surface area (Å²) in [7, 11) is 0. The molecular weight excluding hydrogens is 486 g/mol. The highest BCUT2D eigenvalue weighted by atomic mass is 16.6. The lowest BCUT2D eigenvalue weighted by molar-refractivity contribution is -0.384. The number of nitro benzene ring substituents is 2. The zero-order valence-electron chi connectivity index (χ0n) is 20.3. The second kappa shape index (κ2) is 11.2. The maximum absolute atomic E-state index is 13.5. The average Bonchev–Trinajstić information content (AvgIpc) is 2.92. The molecule has 0 aliphatic carbocycles. The lowest BCUT2D eigenvalue weighted by Crippen LogP contribution is -2.49. The van der Waals surface area contributed by atoms with Crippen LogP contribution in [0.4, 0.5) is 22.7 Å². The monoisotopic (exact) mass is 513 g/mol. The molecule has 0 atom stereocenters. The van der Waals surface area contributed by atoms with Crippen LogP contribution in [0, 0.1) is 20.2 Å². The van der Waals surface area contributed by atoms with Crippen molar-refractivity contribution in [3.8, 4) is 0 Å². The van der Waals surface area contributed by atoms with E-state index in [1.165, 1.54) is 30.3 Å². The van der Waals surface area contributed by atoms with Gasteiger partial charge in [-0.3, -0.25) is 25.0 Å². The van der Waals surface area contributed by atoms with E-state index in [2.05, 4.69) is 0 Å². The highest BCUT2D eigenvalue weighted by molar-refractivity contribution is 6.00. The van der Waals surface area contributed by atoms with Gasteiger partial charge in [0.2, 0.25) is 0 Å². The Labute approximate surface area is 212 Å². The lowest BCUT2D eigenvalue weighted by atomic mass is 10.1. The van der Waals surface area contributed by atoms with Crippen LogP contribution in [0.25, 0.3) is 0 Å². The Morgan fingerprint density at radius 3 is 2.16 bits per heavy atom. The summed E-state index contributed by atoms with van der Waals surface area (Å²) in [5.74, 6) is -0.974. The number of esters is 1. The van der Waals surface area contributed by atoms with Crippen LogP contribution in [-0.2, 0) is 9.47 Å². The van der Waals surface area contributed by atoms with Crippen molar-refractivity contribution < 1.29 is 28.9 Å². The fraction of sp³-hybridized carbons (Fsp3) is 0.417. The second-order valence-corrected chi connectivity index (χ2v) is 8.52. The van der Waals surface area contributed by atoms with E-state index in [-0.39, 0.29) is 48.1 Å². The summed E-state index contributed by atoms with van der Waals surface area (Å²) >= 11 is 0. The fourth-order valence-corrected chi connectivity index (χ4v) is 4.49. The van der Waals surface area contributed by atoms with Crippen LogP contribution < -0.4 is 9.80 Å². The molecule has 0 radical (unpaired) electrons. The number of non-ortho nitro benzene ring substituents is 1. The molecular formula is C24H27N5O8. The molecule has 2 aliphatic heterocycles. The van der Waals surface area contributed by atoms with Gasteiger partial charge in [0.05, 0.1) is 46.5 Å². The summed E-state index contributed by atoms with van der Waals surface area (Å²) in [5, 5.41) is 23.1. The molecule has 196 valence electrons. The molecule has 2 aromatic carbocycles. The topological polar surface area (TPSA) is 149 Å². The van der Waals surface area contributed by atoms with Gasteiger partial charge < -0.3 is 24.2 Å². The molecule has 0 saturated carbocycles. The van der Waals surface area contributed by atoms with E-state index in [0.717, 1.165) is 0 Å². The number of ether oxygens (including phenoxy) is 2. The molecule has 0 aromatic heterocycles. The first kappa shape index (κ1) is 25.8. The molecule has 2 saturated heterocycles. The van der Waals surface area contributed by atoms with Gasteiger partial charge in [-0.25, -0.2) is 4.79 Å². The van der Waals surface area contributed by atoms with E-state index in [1.807, 2.05) is 4.90 Å². The van der Waals surface area contributed by atoms with Gasteiger partial charge in [-0.1, -0.05) is 0 Å². The molecule has 2 aromatic rings. The van der Waals surface area contributed by atoms with Gasteiger partial charge in [-0.05, 0) is 25.1 Å². The predicted octanol–water partition coefficient (Wildman–Crippen LogP) is 2.48. The number of nitrogens with zero attached hydrogens (tertiary/aromatic N) is 5. The highest BCUT2D eigenvalue weighted by Gasteiger charge is 2.30. The van der Waals surface area contributed by atoms with Crippen molar-refractivity contribution in [1.29, 1.82) is 0 Å². The van der Waals surface area contributed by atoms with Crippen LogP contribution in [0.1, 0.15) is 27.6 Å². The third-order valence-electron chi connectivity index (χ3n) is 6.36. The highest BCUT2D eigenvalue weighted by Crippen LogP contribution is 2.32. The fourth-order valence-electron chi connectivity index (χ4n) is 4.49. The van der Waals surface area contributed by atoms with E-state index < -0.39 is 15.8 Å². The lowest BCUT2D eigenvalue weighted by Gasteiger charge is -2.37. The summed E-state index contributed by atoms with van der Waals surface area (Å²) in [4.78, 5) is 52.9.